The minimum atomic E-state index is 0.882. The largest absolute Gasteiger partial charge is 0.456 e. The average molecular weight is 804 g/mol. The van der Waals surface area contributed by atoms with E-state index in [0.29, 0.717) is 0 Å². The van der Waals surface area contributed by atoms with E-state index in [-0.39, 0.29) is 0 Å². The molecule has 0 amide bonds. The van der Waals surface area contributed by atoms with Crippen molar-refractivity contribution in [2.24, 2.45) is 0 Å². The van der Waals surface area contributed by atoms with Crippen LogP contribution in [0.1, 0.15) is 0 Å². The summed E-state index contributed by atoms with van der Waals surface area (Å²) in [5.74, 6) is 0. The highest BCUT2D eigenvalue weighted by Gasteiger charge is 2.21. The first-order chi connectivity index (χ1) is 31.2. The smallest absolute Gasteiger partial charge is 0.143 e. The molecule has 2 heterocycles. The van der Waals surface area contributed by atoms with Gasteiger partial charge in [-0.3, -0.25) is 0 Å². The molecule has 2 aromatic heterocycles. The number of anilines is 3. The molecule has 0 saturated heterocycles. The van der Waals surface area contributed by atoms with E-state index in [1.54, 1.807) is 0 Å². The lowest BCUT2D eigenvalue weighted by Crippen LogP contribution is -2.11. The Morgan fingerprint density at radius 2 is 0.825 bits per heavy atom. The number of furan rings is 2. The van der Waals surface area contributed by atoms with Crippen molar-refractivity contribution in [1.29, 1.82) is 0 Å². The van der Waals surface area contributed by atoms with E-state index in [4.69, 9.17) is 8.83 Å². The third kappa shape index (κ3) is 5.82. The average Bonchev–Trinajstić information content (AvgIpc) is 3.91. The van der Waals surface area contributed by atoms with E-state index in [1.165, 1.54) is 43.4 Å². The number of para-hydroxylation sites is 3. The first kappa shape index (κ1) is 35.4. The van der Waals surface area contributed by atoms with Gasteiger partial charge in [-0.05, 0) is 121 Å². The van der Waals surface area contributed by atoms with Crippen LogP contribution in [0.4, 0.5) is 17.1 Å². The summed E-state index contributed by atoms with van der Waals surface area (Å²) in [6.07, 6.45) is 0. The summed E-state index contributed by atoms with van der Waals surface area (Å²) >= 11 is 0. The molecule has 0 unspecified atom stereocenters. The summed E-state index contributed by atoms with van der Waals surface area (Å²) < 4.78 is 13.0. The standard InChI is InChI=1S/C60H37NO2/c1-2-12-42-37-59-55(35-41(42)11-1)53-17-9-16-52(60(53)63-59)50-14-5-7-18-56(50)61(47-30-24-39(25-31-47)44-27-33-58-54(36-44)51-15-6-8-19-57(51)62-58)46-28-22-38(23-29-46)43-26-32-49-45(34-43)21-20-40-10-3-4-13-48(40)49/h1-37H. The van der Waals surface area contributed by atoms with Gasteiger partial charge in [0, 0.05) is 44.0 Å². The Morgan fingerprint density at radius 1 is 0.270 bits per heavy atom. The van der Waals surface area contributed by atoms with Crippen molar-refractivity contribution in [2.75, 3.05) is 4.90 Å². The summed E-state index contributed by atoms with van der Waals surface area (Å²) in [6.45, 7) is 0. The Morgan fingerprint density at radius 3 is 1.63 bits per heavy atom. The Balaban J connectivity index is 0.946. The van der Waals surface area contributed by atoms with Crippen LogP contribution < -0.4 is 4.90 Å². The van der Waals surface area contributed by atoms with Crippen molar-refractivity contribution >= 4 is 93.3 Å². The van der Waals surface area contributed by atoms with Gasteiger partial charge in [0.2, 0.25) is 0 Å². The predicted molar refractivity (Wildman–Crippen MR) is 265 cm³/mol. The molecule has 63 heavy (non-hydrogen) atoms. The monoisotopic (exact) mass is 803 g/mol. The van der Waals surface area contributed by atoms with Gasteiger partial charge in [0.1, 0.15) is 22.3 Å². The topological polar surface area (TPSA) is 29.5 Å². The minimum Gasteiger partial charge on any atom is -0.456 e. The van der Waals surface area contributed by atoms with Gasteiger partial charge in [0.05, 0.1) is 5.69 Å². The first-order valence-corrected chi connectivity index (χ1v) is 21.5. The summed E-state index contributed by atoms with van der Waals surface area (Å²) in [5, 5.41) is 11.9. The molecule has 13 rings (SSSR count). The van der Waals surface area contributed by atoms with E-state index < -0.39 is 0 Å². The second-order valence-corrected chi connectivity index (χ2v) is 16.5. The van der Waals surface area contributed by atoms with Crippen molar-refractivity contribution in [2.45, 2.75) is 0 Å². The minimum absolute atomic E-state index is 0.882. The second kappa shape index (κ2) is 14.1. The molecule has 3 nitrogen and oxygen atoms in total. The predicted octanol–water partition coefficient (Wildman–Crippen LogP) is 17.4. The Bertz CT molecular complexity index is 3910. The number of benzene rings is 11. The van der Waals surface area contributed by atoms with Gasteiger partial charge in [0.15, 0.2) is 0 Å². The molecular formula is C60H37NO2. The normalized spacial score (nSPS) is 11.8. The van der Waals surface area contributed by atoms with Gasteiger partial charge in [-0.25, -0.2) is 0 Å². The zero-order valence-electron chi connectivity index (χ0n) is 34.1. The molecule has 0 aliphatic heterocycles. The summed E-state index contributed by atoms with van der Waals surface area (Å²) in [5.41, 5.74) is 13.5. The van der Waals surface area contributed by atoms with E-state index >= 15 is 0 Å². The fourth-order valence-corrected chi connectivity index (χ4v) is 9.72. The molecule has 3 heteroatoms. The lowest BCUT2D eigenvalue weighted by atomic mass is 9.97. The lowest BCUT2D eigenvalue weighted by Gasteiger charge is -2.28. The van der Waals surface area contributed by atoms with Crippen LogP contribution in [0.3, 0.4) is 0 Å². The highest BCUT2D eigenvalue weighted by atomic mass is 16.3. The summed E-state index contributed by atoms with van der Waals surface area (Å²) in [6, 6.07) is 80.6. The highest BCUT2D eigenvalue weighted by molar-refractivity contribution is 6.14. The first-order valence-electron chi connectivity index (χ1n) is 21.5. The van der Waals surface area contributed by atoms with E-state index in [9.17, 15) is 0 Å². The number of fused-ring (bicyclic) bond motifs is 10. The molecule has 0 N–H and O–H groups in total. The van der Waals surface area contributed by atoms with Crippen LogP contribution in [-0.4, -0.2) is 0 Å². The van der Waals surface area contributed by atoms with Crippen LogP contribution >= 0.6 is 0 Å². The van der Waals surface area contributed by atoms with Gasteiger partial charge in [-0.1, -0.05) is 158 Å². The third-order valence-electron chi connectivity index (χ3n) is 12.8. The maximum absolute atomic E-state index is 6.80. The third-order valence-corrected chi connectivity index (χ3v) is 12.8. The van der Waals surface area contributed by atoms with Crippen LogP contribution in [-0.2, 0) is 0 Å². The second-order valence-electron chi connectivity index (χ2n) is 16.5. The van der Waals surface area contributed by atoms with Crippen LogP contribution in [0.2, 0.25) is 0 Å². The molecule has 0 radical (unpaired) electrons. The van der Waals surface area contributed by atoms with Crippen molar-refractivity contribution in [1.82, 2.24) is 0 Å². The maximum Gasteiger partial charge on any atom is 0.143 e. The SMILES string of the molecule is c1ccc(N(c2ccc(-c3ccc4c(ccc5ccccc54)c3)cc2)c2ccc(-c3ccc4oc5ccccc5c4c3)cc2)c(-c2cccc3c2oc2cc4ccccc4cc23)c1. The Labute approximate surface area is 363 Å². The van der Waals surface area contributed by atoms with E-state index in [1.807, 2.05) is 12.1 Å². The molecule has 0 aliphatic rings. The van der Waals surface area contributed by atoms with Crippen molar-refractivity contribution in [3.05, 3.63) is 224 Å². The molecular weight excluding hydrogens is 767 g/mol. The van der Waals surface area contributed by atoms with Gasteiger partial charge in [-0.15, -0.1) is 0 Å². The Kier molecular flexibility index (Phi) is 7.91. The fourth-order valence-electron chi connectivity index (χ4n) is 9.72. The summed E-state index contributed by atoms with van der Waals surface area (Å²) in [7, 11) is 0. The van der Waals surface area contributed by atoms with Crippen molar-refractivity contribution < 1.29 is 8.83 Å². The van der Waals surface area contributed by atoms with Crippen LogP contribution in [0, 0.1) is 0 Å². The molecule has 11 aromatic carbocycles. The van der Waals surface area contributed by atoms with Gasteiger partial charge < -0.3 is 13.7 Å². The molecule has 0 fully saturated rings. The van der Waals surface area contributed by atoms with Crippen molar-refractivity contribution in [3.8, 4) is 33.4 Å². The van der Waals surface area contributed by atoms with Gasteiger partial charge >= 0.3 is 0 Å². The molecule has 294 valence electrons. The number of nitrogens with zero attached hydrogens (tertiary/aromatic N) is 1. The number of hydrogen-bond donors (Lipinski definition) is 0. The summed E-state index contributed by atoms with van der Waals surface area (Å²) in [4.78, 5) is 2.37. The van der Waals surface area contributed by atoms with Crippen LogP contribution in [0.15, 0.2) is 233 Å². The molecule has 0 bridgehead atoms. The van der Waals surface area contributed by atoms with E-state index in [2.05, 4.69) is 217 Å². The maximum atomic E-state index is 6.80. The molecule has 0 atom stereocenters. The number of rotatable bonds is 6. The highest BCUT2D eigenvalue weighted by Crippen LogP contribution is 2.45. The van der Waals surface area contributed by atoms with E-state index in [0.717, 1.165) is 83.2 Å². The lowest BCUT2D eigenvalue weighted by molar-refractivity contribution is 0.669. The van der Waals surface area contributed by atoms with Gasteiger partial charge in [-0.2, -0.15) is 0 Å². The zero-order chi connectivity index (χ0) is 41.4. The van der Waals surface area contributed by atoms with Crippen LogP contribution in [0.5, 0.6) is 0 Å². The number of hydrogen-bond acceptors (Lipinski definition) is 3. The Hall–Kier alpha value is -8.40. The molecule has 0 saturated carbocycles. The molecule has 0 aliphatic carbocycles. The molecule has 0 spiro atoms. The van der Waals surface area contributed by atoms with Gasteiger partial charge in [0.25, 0.3) is 0 Å². The van der Waals surface area contributed by atoms with Crippen molar-refractivity contribution in [3.63, 3.8) is 0 Å². The zero-order valence-corrected chi connectivity index (χ0v) is 34.1. The molecule has 13 aromatic rings. The quantitative estimate of drug-likeness (QED) is 0.157. The fraction of sp³-hybridized carbons (Fsp3) is 0. The van der Waals surface area contributed by atoms with Crippen LogP contribution in [0.25, 0.3) is 110 Å².